The number of fused-ring (bicyclic) bond motifs is 1. The van der Waals surface area contributed by atoms with E-state index in [1.165, 1.54) is 38.5 Å². The number of Topliss-reactive ketones (excluding diaryl/α,β-unsaturated/α-hetero) is 1. The predicted molar refractivity (Wildman–Crippen MR) is 112 cm³/mol. The summed E-state index contributed by atoms with van der Waals surface area (Å²) in [6.45, 7) is 6.56. The molecule has 1 aromatic heterocycles. The Labute approximate surface area is 167 Å². The summed E-state index contributed by atoms with van der Waals surface area (Å²) < 4.78 is 1.94. The second-order valence-electron chi connectivity index (χ2n) is 8.54. The minimum Gasteiger partial charge on any atom is -0.352 e. The van der Waals surface area contributed by atoms with Crippen molar-refractivity contribution in [2.75, 3.05) is 19.6 Å². The smallest absolute Gasteiger partial charge is 0.242 e. The van der Waals surface area contributed by atoms with E-state index in [0.29, 0.717) is 5.56 Å². The van der Waals surface area contributed by atoms with Gasteiger partial charge in [0, 0.05) is 34.7 Å². The van der Waals surface area contributed by atoms with Gasteiger partial charge in [-0.3, -0.25) is 14.5 Å². The Hall–Kier alpha value is -2.14. The minimum absolute atomic E-state index is 0.0290. The number of benzene rings is 1. The van der Waals surface area contributed by atoms with Crippen molar-refractivity contribution >= 4 is 22.6 Å². The Morgan fingerprint density at radius 1 is 1.11 bits per heavy atom. The van der Waals surface area contributed by atoms with E-state index in [4.69, 9.17) is 0 Å². The highest BCUT2D eigenvalue weighted by molar-refractivity contribution is 6.07. The third kappa shape index (κ3) is 3.37. The minimum atomic E-state index is -0.352. The Bertz CT molecular complexity index is 873. The SMILES string of the molecule is CC(=O)c1cn([C@@H](C)C(=O)NCC2(N3CCCC3)CCCC2)c2ccccc12. The number of nitrogens with zero attached hydrogens (tertiary/aromatic N) is 2. The van der Waals surface area contributed by atoms with Gasteiger partial charge >= 0.3 is 0 Å². The predicted octanol–water partition coefficient (Wildman–Crippen LogP) is 3.93. The fourth-order valence-corrected chi connectivity index (χ4v) is 5.16. The molecular weight excluding hydrogens is 350 g/mol. The van der Waals surface area contributed by atoms with Crippen LogP contribution in [0.15, 0.2) is 30.5 Å². The van der Waals surface area contributed by atoms with Gasteiger partial charge in [-0.05, 0) is 58.7 Å². The third-order valence-corrected chi connectivity index (χ3v) is 6.82. The first-order chi connectivity index (χ1) is 13.5. The van der Waals surface area contributed by atoms with Crippen LogP contribution in [-0.4, -0.2) is 46.3 Å². The highest BCUT2D eigenvalue weighted by Gasteiger charge is 2.41. The van der Waals surface area contributed by atoms with Gasteiger partial charge in [0.2, 0.25) is 5.91 Å². The molecule has 150 valence electrons. The highest BCUT2D eigenvalue weighted by atomic mass is 16.2. The zero-order valence-electron chi connectivity index (χ0n) is 17.0. The Balaban J connectivity index is 1.52. The van der Waals surface area contributed by atoms with Crippen LogP contribution >= 0.6 is 0 Å². The third-order valence-electron chi connectivity index (χ3n) is 6.82. The molecule has 2 fully saturated rings. The maximum atomic E-state index is 13.0. The quantitative estimate of drug-likeness (QED) is 0.772. The lowest BCUT2D eigenvalue weighted by Crippen LogP contribution is -2.53. The monoisotopic (exact) mass is 381 g/mol. The van der Waals surface area contributed by atoms with Crippen LogP contribution in [0.3, 0.4) is 0 Å². The van der Waals surface area contributed by atoms with E-state index in [9.17, 15) is 9.59 Å². The second kappa shape index (κ2) is 7.70. The van der Waals surface area contributed by atoms with Gasteiger partial charge in [0.1, 0.15) is 6.04 Å². The zero-order valence-corrected chi connectivity index (χ0v) is 17.0. The summed E-state index contributed by atoms with van der Waals surface area (Å²) in [6.07, 6.45) is 9.26. The van der Waals surface area contributed by atoms with E-state index < -0.39 is 0 Å². The number of aromatic nitrogens is 1. The Morgan fingerprint density at radius 2 is 1.79 bits per heavy atom. The Morgan fingerprint density at radius 3 is 2.46 bits per heavy atom. The van der Waals surface area contributed by atoms with Gasteiger partial charge in [-0.15, -0.1) is 0 Å². The maximum Gasteiger partial charge on any atom is 0.242 e. The summed E-state index contributed by atoms with van der Waals surface area (Å²) >= 11 is 0. The van der Waals surface area contributed by atoms with Gasteiger partial charge in [0.05, 0.1) is 0 Å². The van der Waals surface area contributed by atoms with Crippen LogP contribution in [0.25, 0.3) is 10.9 Å². The molecule has 1 aromatic carbocycles. The summed E-state index contributed by atoms with van der Waals surface area (Å²) in [5, 5.41) is 4.17. The van der Waals surface area contributed by atoms with Crippen LogP contribution in [0.5, 0.6) is 0 Å². The fourth-order valence-electron chi connectivity index (χ4n) is 5.16. The highest BCUT2D eigenvalue weighted by Crippen LogP contribution is 2.37. The lowest BCUT2D eigenvalue weighted by molar-refractivity contribution is -0.124. The van der Waals surface area contributed by atoms with Gasteiger partial charge in [-0.1, -0.05) is 31.0 Å². The average molecular weight is 382 g/mol. The van der Waals surface area contributed by atoms with Crippen molar-refractivity contribution < 1.29 is 9.59 Å². The first kappa shape index (κ1) is 19.2. The van der Waals surface area contributed by atoms with E-state index in [1.54, 1.807) is 6.92 Å². The molecule has 5 nitrogen and oxygen atoms in total. The van der Waals surface area contributed by atoms with Crippen molar-refractivity contribution in [2.24, 2.45) is 0 Å². The number of amides is 1. The summed E-state index contributed by atoms with van der Waals surface area (Å²) in [5.41, 5.74) is 1.76. The largest absolute Gasteiger partial charge is 0.352 e. The van der Waals surface area contributed by atoms with E-state index >= 15 is 0 Å². The molecule has 2 aliphatic rings. The van der Waals surface area contributed by atoms with Crippen molar-refractivity contribution in [1.29, 1.82) is 0 Å². The number of hydrogen-bond acceptors (Lipinski definition) is 3. The van der Waals surface area contributed by atoms with Crippen molar-refractivity contribution in [2.45, 2.75) is 64.0 Å². The summed E-state index contributed by atoms with van der Waals surface area (Å²) in [4.78, 5) is 27.7. The first-order valence-electron chi connectivity index (χ1n) is 10.7. The molecule has 0 bridgehead atoms. The number of para-hydroxylation sites is 1. The van der Waals surface area contributed by atoms with Crippen molar-refractivity contribution in [1.82, 2.24) is 14.8 Å². The fraction of sp³-hybridized carbons (Fsp3) is 0.565. The first-order valence-corrected chi connectivity index (χ1v) is 10.7. The van der Waals surface area contributed by atoms with E-state index in [1.807, 2.05) is 42.0 Å². The molecule has 1 atom stereocenters. The second-order valence-corrected chi connectivity index (χ2v) is 8.54. The van der Waals surface area contributed by atoms with E-state index in [0.717, 1.165) is 30.5 Å². The van der Waals surface area contributed by atoms with E-state index in [2.05, 4.69) is 10.2 Å². The van der Waals surface area contributed by atoms with Crippen LogP contribution in [-0.2, 0) is 4.79 Å². The van der Waals surface area contributed by atoms with Gasteiger partial charge < -0.3 is 9.88 Å². The molecule has 1 saturated heterocycles. The molecule has 4 rings (SSSR count). The topological polar surface area (TPSA) is 54.3 Å². The standard InChI is InChI=1S/C23H31N3O2/c1-17(26-15-20(18(2)27)19-9-3-4-10-21(19)26)22(28)24-16-23(11-5-6-12-23)25-13-7-8-14-25/h3-4,9-10,15,17H,5-8,11-14,16H2,1-2H3,(H,24,28)/t17-/m0/s1. The van der Waals surface area contributed by atoms with Crippen LogP contribution in [0.2, 0.25) is 0 Å². The van der Waals surface area contributed by atoms with Crippen LogP contribution < -0.4 is 5.32 Å². The lowest BCUT2D eigenvalue weighted by Gasteiger charge is -2.39. The number of carbonyl (C=O) groups is 2. The molecule has 0 spiro atoms. The number of carbonyl (C=O) groups excluding carboxylic acids is 2. The van der Waals surface area contributed by atoms with Crippen LogP contribution in [0.1, 0.15) is 68.8 Å². The number of rotatable bonds is 6. The van der Waals surface area contributed by atoms with Crippen molar-refractivity contribution in [3.63, 3.8) is 0 Å². The average Bonchev–Trinajstić information content (AvgIpc) is 3.45. The normalized spacial score (nSPS) is 20.5. The van der Waals surface area contributed by atoms with Gasteiger partial charge in [-0.25, -0.2) is 0 Å². The summed E-state index contributed by atoms with van der Waals surface area (Å²) in [6, 6.07) is 7.47. The number of likely N-dealkylation sites (tertiary alicyclic amines) is 1. The zero-order chi connectivity index (χ0) is 19.7. The van der Waals surface area contributed by atoms with Crippen molar-refractivity contribution in [3.05, 3.63) is 36.0 Å². The molecule has 0 unspecified atom stereocenters. The molecule has 1 saturated carbocycles. The Kier molecular flexibility index (Phi) is 5.28. The molecule has 2 aromatic rings. The number of nitrogens with one attached hydrogen (secondary N) is 1. The number of hydrogen-bond donors (Lipinski definition) is 1. The molecule has 5 heteroatoms. The van der Waals surface area contributed by atoms with Crippen LogP contribution in [0, 0.1) is 0 Å². The molecule has 2 heterocycles. The maximum absolute atomic E-state index is 13.0. The molecule has 28 heavy (non-hydrogen) atoms. The molecule has 1 aliphatic carbocycles. The molecular formula is C23H31N3O2. The van der Waals surface area contributed by atoms with Gasteiger partial charge in [0.25, 0.3) is 0 Å². The summed E-state index contributed by atoms with van der Waals surface area (Å²) in [5.74, 6) is 0.0582. The summed E-state index contributed by atoms with van der Waals surface area (Å²) in [7, 11) is 0. The number of ketones is 1. The van der Waals surface area contributed by atoms with Crippen LogP contribution in [0.4, 0.5) is 0 Å². The molecule has 1 N–H and O–H groups in total. The van der Waals surface area contributed by atoms with E-state index in [-0.39, 0.29) is 23.3 Å². The molecule has 1 aliphatic heterocycles. The lowest BCUT2D eigenvalue weighted by atomic mass is 9.95. The molecule has 1 amide bonds. The molecule has 0 radical (unpaired) electrons. The van der Waals surface area contributed by atoms with Gasteiger partial charge in [-0.2, -0.15) is 0 Å². The van der Waals surface area contributed by atoms with Crippen molar-refractivity contribution in [3.8, 4) is 0 Å². The van der Waals surface area contributed by atoms with Gasteiger partial charge in [0.15, 0.2) is 5.78 Å².